The Morgan fingerprint density at radius 1 is 1.12 bits per heavy atom. The molecule has 0 aliphatic carbocycles. The lowest BCUT2D eigenvalue weighted by atomic mass is 10.0. The fourth-order valence-corrected chi connectivity index (χ4v) is 3.24. The number of halogens is 1. The fourth-order valence-electron chi connectivity index (χ4n) is 3.24. The first-order valence-corrected chi connectivity index (χ1v) is 9.07. The Labute approximate surface area is 154 Å². The molecule has 0 unspecified atom stereocenters. The minimum absolute atomic E-state index is 0.0771. The summed E-state index contributed by atoms with van der Waals surface area (Å²) in [5, 5.41) is 2.97. The van der Waals surface area contributed by atoms with E-state index in [1.165, 1.54) is 48.2 Å². The number of benzene rings is 2. The van der Waals surface area contributed by atoms with Gasteiger partial charge in [0.05, 0.1) is 6.04 Å². The molecule has 0 bridgehead atoms. The smallest absolute Gasteiger partial charge is 0.258 e. The third kappa shape index (κ3) is 5.05. The molecule has 1 amide bonds. The van der Waals surface area contributed by atoms with Crippen LogP contribution >= 0.6 is 0 Å². The van der Waals surface area contributed by atoms with Gasteiger partial charge in [0.15, 0.2) is 6.61 Å². The number of likely N-dealkylation sites (tertiary alicyclic amines) is 1. The number of amides is 1. The molecule has 0 spiro atoms. The summed E-state index contributed by atoms with van der Waals surface area (Å²) in [4.78, 5) is 14.6. The zero-order valence-electron chi connectivity index (χ0n) is 15.1. The van der Waals surface area contributed by atoms with Gasteiger partial charge in [-0.1, -0.05) is 29.8 Å². The first-order chi connectivity index (χ1) is 12.6. The summed E-state index contributed by atoms with van der Waals surface area (Å²) in [6.07, 6.45) is 2.40. The molecular weight excluding hydrogens is 331 g/mol. The van der Waals surface area contributed by atoms with E-state index in [2.05, 4.69) is 41.4 Å². The van der Waals surface area contributed by atoms with Gasteiger partial charge in [0.1, 0.15) is 11.6 Å². The molecule has 1 heterocycles. The lowest BCUT2D eigenvalue weighted by Crippen LogP contribution is -2.38. The van der Waals surface area contributed by atoms with Crippen LogP contribution in [0.25, 0.3) is 0 Å². The van der Waals surface area contributed by atoms with Gasteiger partial charge in [-0.05, 0) is 62.7 Å². The third-order valence-electron chi connectivity index (χ3n) is 4.72. The Bertz CT molecular complexity index is 710. The number of ether oxygens (including phenoxy) is 1. The maximum absolute atomic E-state index is 12.9. The molecule has 26 heavy (non-hydrogen) atoms. The Morgan fingerprint density at radius 2 is 1.77 bits per heavy atom. The quantitative estimate of drug-likeness (QED) is 0.826. The number of aryl methyl sites for hydroxylation is 1. The number of carbonyl (C=O) groups excluding carboxylic acids is 1. The SMILES string of the molecule is Cc1ccc([C@H](CNC(=O)COc2ccc(F)cc2)N2CCCC2)cc1. The van der Waals surface area contributed by atoms with Gasteiger partial charge in [-0.3, -0.25) is 9.69 Å². The van der Waals surface area contributed by atoms with Crippen molar-refractivity contribution in [3.8, 4) is 5.75 Å². The Kier molecular flexibility index (Phi) is 6.23. The van der Waals surface area contributed by atoms with Crippen LogP contribution in [-0.2, 0) is 4.79 Å². The first-order valence-electron chi connectivity index (χ1n) is 9.07. The van der Waals surface area contributed by atoms with E-state index in [1.54, 1.807) is 0 Å². The summed E-state index contributed by atoms with van der Waals surface area (Å²) in [6, 6.07) is 14.3. The zero-order valence-corrected chi connectivity index (χ0v) is 15.1. The fraction of sp³-hybridized carbons (Fsp3) is 0.381. The van der Waals surface area contributed by atoms with Crippen LogP contribution in [0.3, 0.4) is 0 Å². The summed E-state index contributed by atoms with van der Waals surface area (Å²) in [5.41, 5.74) is 2.45. The molecule has 1 aliphatic rings. The van der Waals surface area contributed by atoms with Crippen molar-refractivity contribution in [2.75, 3.05) is 26.2 Å². The Hall–Kier alpha value is -2.40. The van der Waals surface area contributed by atoms with Crippen LogP contribution in [0.4, 0.5) is 4.39 Å². The monoisotopic (exact) mass is 356 g/mol. The van der Waals surface area contributed by atoms with Crippen molar-refractivity contribution >= 4 is 5.91 Å². The van der Waals surface area contributed by atoms with Crippen molar-refractivity contribution in [2.24, 2.45) is 0 Å². The second-order valence-corrected chi connectivity index (χ2v) is 6.72. The molecule has 3 rings (SSSR count). The average molecular weight is 356 g/mol. The summed E-state index contributed by atoms with van der Waals surface area (Å²) in [7, 11) is 0. The minimum atomic E-state index is -0.326. The van der Waals surface area contributed by atoms with Gasteiger partial charge in [0, 0.05) is 6.54 Å². The number of hydrogen-bond acceptors (Lipinski definition) is 3. The highest BCUT2D eigenvalue weighted by atomic mass is 19.1. The van der Waals surface area contributed by atoms with Crippen molar-refractivity contribution in [1.29, 1.82) is 0 Å². The highest BCUT2D eigenvalue weighted by molar-refractivity contribution is 5.77. The predicted molar refractivity (Wildman–Crippen MR) is 99.6 cm³/mol. The molecule has 138 valence electrons. The van der Waals surface area contributed by atoms with E-state index < -0.39 is 0 Å². The van der Waals surface area contributed by atoms with Crippen molar-refractivity contribution in [2.45, 2.75) is 25.8 Å². The van der Waals surface area contributed by atoms with E-state index in [0.717, 1.165) is 13.1 Å². The molecule has 1 atom stereocenters. The molecule has 2 aromatic carbocycles. The number of rotatable bonds is 7. The topological polar surface area (TPSA) is 41.6 Å². The van der Waals surface area contributed by atoms with E-state index in [4.69, 9.17) is 4.74 Å². The van der Waals surface area contributed by atoms with Crippen LogP contribution < -0.4 is 10.1 Å². The summed E-state index contributed by atoms with van der Waals surface area (Å²) >= 11 is 0. The largest absolute Gasteiger partial charge is 0.484 e. The van der Waals surface area contributed by atoms with Crippen LogP contribution in [0.2, 0.25) is 0 Å². The average Bonchev–Trinajstić information content (AvgIpc) is 3.17. The number of carbonyl (C=O) groups is 1. The van der Waals surface area contributed by atoms with Crippen molar-refractivity contribution in [3.05, 3.63) is 65.5 Å². The van der Waals surface area contributed by atoms with Gasteiger partial charge in [0.25, 0.3) is 5.91 Å². The lowest BCUT2D eigenvalue weighted by molar-refractivity contribution is -0.123. The van der Waals surface area contributed by atoms with E-state index in [-0.39, 0.29) is 24.4 Å². The van der Waals surface area contributed by atoms with Gasteiger partial charge >= 0.3 is 0 Å². The Balaban J connectivity index is 1.55. The second kappa shape index (κ2) is 8.81. The van der Waals surface area contributed by atoms with Gasteiger partial charge < -0.3 is 10.1 Å². The van der Waals surface area contributed by atoms with E-state index in [0.29, 0.717) is 12.3 Å². The number of nitrogens with one attached hydrogen (secondary N) is 1. The molecule has 1 aliphatic heterocycles. The van der Waals surface area contributed by atoms with Crippen LogP contribution in [0, 0.1) is 12.7 Å². The van der Waals surface area contributed by atoms with Crippen LogP contribution in [-0.4, -0.2) is 37.0 Å². The summed E-state index contributed by atoms with van der Waals surface area (Å²) in [5.74, 6) is -0.0184. The van der Waals surface area contributed by atoms with Crippen LogP contribution in [0.5, 0.6) is 5.75 Å². The maximum atomic E-state index is 12.9. The summed E-state index contributed by atoms with van der Waals surface area (Å²) < 4.78 is 18.3. The third-order valence-corrected chi connectivity index (χ3v) is 4.72. The maximum Gasteiger partial charge on any atom is 0.258 e. The standard InChI is InChI=1S/C21H25FN2O2/c1-16-4-6-17(7-5-16)20(24-12-2-3-13-24)14-23-21(25)15-26-19-10-8-18(22)9-11-19/h4-11,20H,2-3,12-15H2,1H3,(H,23,25)/t20-/m0/s1. The Morgan fingerprint density at radius 3 is 2.42 bits per heavy atom. The van der Waals surface area contributed by atoms with Crippen molar-refractivity contribution in [3.63, 3.8) is 0 Å². The first kappa shape index (κ1) is 18.4. The highest BCUT2D eigenvalue weighted by Gasteiger charge is 2.23. The molecule has 1 N–H and O–H groups in total. The molecule has 4 nitrogen and oxygen atoms in total. The minimum Gasteiger partial charge on any atom is -0.484 e. The van der Waals surface area contributed by atoms with Gasteiger partial charge in [-0.15, -0.1) is 0 Å². The molecule has 1 saturated heterocycles. The van der Waals surface area contributed by atoms with E-state index in [9.17, 15) is 9.18 Å². The van der Waals surface area contributed by atoms with E-state index >= 15 is 0 Å². The molecular formula is C21H25FN2O2. The molecule has 1 fully saturated rings. The number of hydrogen-bond donors (Lipinski definition) is 1. The van der Waals surface area contributed by atoms with Gasteiger partial charge in [-0.2, -0.15) is 0 Å². The van der Waals surface area contributed by atoms with Gasteiger partial charge in [0.2, 0.25) is 0 Å². The van der Waals surface area contributed by atoms with Crippen molar-refractivity contribution < 1.29 is 13.9 Å². The zero-order chi connectivity index (χ0) is 18.4. The van der Waals surface area contributed by atoms with Crippen molar-refractivity contribution in [1.82, 2.24) is 10.2 Å². The molecule has 0 aromatic heterocycles. The van der Waals surface area contributed by atoms with E-state index in [1.807, 2.05) is 0 Å². The molecule has 0 saturated carbocycles. The molecule has 5 heteroatoms. The normalized spacial score (nSPS) is 15.6. The summed E-state index contributed by atoms with van der Waals surface area (Å²) in [6.45, 7) is 4.66. The van der Waals surface area contributed by atoms with Crippen LogP contribution in [0.15, 0.2) is 48.5 Å². The lowest BCUT2D eigenvalue weighted by Gasteiger charge is -2.28. The van der Waals surface area contributed by atoms with Gasteiger partial charge in [-0.25, -0.2) is 4.39 Å². The second-order valence-electron chi connectivity index (χ2n) is 6.72. The predicted octanol–water partition coefficient (Wildman–Crippen LogP) is 3.47. The molecule has 0 radical (unpaired) electrons. The highest BCUT2D eigenvalue weighted by Crippen LogP contribution is 2.24. The number of nitrogens with zero attached hydrogens (tertiary/aromatic N) is 1. The van der Waals surface area contributed by atoms with Crippen LogP contribution in [0.1, 0.15) is 30.0 Å². The molecule has 2 aromatic rings.